The van der Waals surface area contributed by atoms with Crippen molar-refractivity contribution in [3.05, 3.63) is 35.8 Å². The lowest BCUT2D eigenvalue weighted by Gasteiger charge is -2.25. The van der Waals surface area contributed by atoms with Crippen molar-refractivity contribution in [2.24, 2.45) is 10.9 Å². The van der Waals surface area contributed by atoms with Gasteiger partial charge in [-0.1, -0.05) is 0 Å². The van der Waals surface area contributed by atoms with Crippen molar-refractivity contribution in [1.82, 2.24) is 25.4 Å². The molecule has 28 heavy (non-hydrogen) atoms. The van der Waals surface area contributed by atoms with Crippen LogP contribution < -0.4 is 10.6 Å². The molecular weight excluding hydrogens is 471 g/mol. The predicted octanol–water partition coefficient (Wildman–Crippen LogP) is 1.93. The number of nitrogens with one attached hydrogen (secondary N) is 2. The number of furan rings is 1. The third-order valence-corrected chi connectivity index (χ3v) is 5.08. The molecule has 0 saturated carbocycles. The number of aliphatic imine (C=N–C) groups is 1. The van der Waals surface area contributed by atoms with Crippen molar-refractivity contribution >= 4 is 29.9 Å². The van der Waals surface area contributed by atoms with E-state index in [4.69, 9.17) is 14.1 Å². The predicted molar refractivity (Wildman–Crippen MR) is 117 cm³/mol. The Morgan fingerprint density at radius 1 is 1.39 bits per heavy atom. The van der Waals surface area contributed by atoms with Crippen LogP contribution in [0.5, 0.6) is 0 Å². The molecule has 0 spiro atoms. The van der Waals surface area contributed by atoms with Gasteiger partial charge in [0.25, 0.3) is 0 Å². The van der Waals surface area contributed by atoms with Gasteiger partial charge in [-0.3, -0.25) is 4.99 Å². The van der Waals surface area contributed by atoms with Gasteiger partial charge in [0.15, 0.2) is 5.96 Å². The van der Waals surface area contributed by atoms with Gasteiger partial charge in [-0.2, -0.15) is 5.10 Å². The van der Waals surface area contributed by atoms with Crippen LogP contribution in [0.2, 0.25) is 0 Å². The average molecular weight is 500 g/mol. The van der Waals surface area contributed by atoms with Crippen LogP contribution in [0.1, 0.15) is 30.3 Å². The highest BCUT2D eigenvalue weighted by Gasteiger charge is 2.22. The van der Waals surface area contributed by atoms with Gasteiger partial charge >= 0.3 is 0 Å². The highest BCUT2D eigenvalue weighted by atomic mass is 127. The summed E-state index contributed by atoms with van der Waals surface area (Å²) in [6.45, 7) is 6.00. The summed E-state index contributed by atoms with van der Waals surface area (Å²) in [5.74, 6) is 4.28. The second kappa shape index (κ2) is 10.2. The Kier molecular flexibility index (Phi) is 7.72. The first kappa shape index (κ1) is 21.1. The van der Waals surface area contributed by atoms with E-state index < -0.39 is 0 Å². The van der Waals surface area contributed by atoms with Gasteiger partial charge in [-0.05, 0) is 31.9 Å². The molecule has 2 aromatic rings. The van der Waals surface area contributed by atoms with Crippen LogP contribution in [0.25, 0.3) is 0 Å². The van der Waals surface area contributed by atoms with Gasteiger partial charge in [0.1, 0.15) is 17.4 Å². The van der Waals surface area contributed by atoms with E-state index in [-0.39, 0.29) is 24.0 Å². The molecule has 154 valence electrons. The Balaban J connectivity index is 0.00000225. The second-order valence-corrected chi connectivity index (χ2v) is 7.31. The standard InChI is InChI=1S/C19H28N6O2.HI/c1-14-22-18-5-4-16(12-25(18)24-14)23-19(21-11-15-7-10-26-13-15)20-8-6-17-3-2-9-27-17;/h2-3,9,15-16H,4-8,10-13H2,1H3,(H2,20,21,23);1H. The molecule has 9 heteroatoms. The summed E-state index contributed by atoms with van der Waals surface area (Å²) >= 11 is 0. The van der Waals surface area contributed by atoms with E-state index in [1.807, 2.05) is 23.7 Å². The molecule has 0 amide bonds. The number of halogens is 1. The zero-order valence-corrected chi connectivity index (χ0v) is 18.6. The van der Waals surface area contributed by atoms with Gasteiger partial charge in [0.2, 0.25) is 0 Å². The van der Waals surface area contributed by atoms with Gasteiger partial charge in [0, 0.05) is 44.5 Å². The summed E-state index contributed by atoms with van der Waals surface area (Å²) < 4.78 is 12.9. The summed E-state index contributed by atoms with van der Waals surface area (Å²) in [5, 5.41) is 11.5. The number of ether oxygens (including phenoxy) is 1. The summed E-state index contributed by atoms with van der Waals surface area (Å²) in [5.41, 5.74) is 0. The lowest BCUT2D eigenvalue weighted by Crippen LogP contribution is -2.47. The molecular formula is C19H29IN6O2. The van der Waals surface area contributed by atoms with Crippen LogP contribution >= 0.6 is 24.0 Å². The van der Waals surface area contributed by atoms with Crippen LogP contribution in [0.3, 0.4) is 0 Å². The van der Waals surface area contributed by atoms with E-state index in [0.717, 1.165) is 81.9 Å². The summed E-state index contributed by atoms with van der Waals surface area (Å²) in [7, 11) is 0. The Morgan fingerprint density at radius 2 is 2.32 bits per heavy atom. The second-order valence-electron chi connectivity index (χ2n) is 7.31. The molecule has 0 bridgehead atoms. The van der Waals surface area contributed by atoms with Crippen molar-refractivity contribution in [2.75, 3.05) is 26.3 Å². The number of aryl methyl sites for hydroxylation is 2. The third-order valence-electron chi connectivity index (χ3n) is 5.08. The fourth-order valence-electron chi connectivity index (χ4n) is 3.60. The van der Waals surface area contributed by atoms with Crippen LogP contribution in [-0.4, -0.2) is 53.1 Å². The molecule has 2 aliphatic rings. The minimum absolute atomic E-state index is 0. The molecule has 2 N–H and O–H groups in total. The van der Waals surface area contributed by atoms with E-state index in [2.05, 4.69) is 20.7 Å². The first-order chi connectivity index (χ1) is 13.3. The van der Waals surface area contributed by atoms with Gasteiger partial charge in [-0.15, -0.1) is 24.0 Å². The first-order valence-electron chi connectivity index (χ1n) is 9.81. The minimum Gasteiger partial charge on any atom is -0.469 e. The maximum atomic E-state index is 5.47. The molecule has 2 aromatic heterocycles. The number of nitrogens with zero attached hydrogens (tertiary/aromatic N) is 4. The third kappa shape index (κ3) is 5.69. The van der Waals surface area contributed by atoms with Crippen LogP contribution in [-0.2, 0) is 24.1 Å². The molecule has 2 atom stereocenters. The summed E-state index contributed by atoms with van der Waals surface area (Å²) in [6, 6.07) is 4.22. The SMILES string of the molecule is Cc1nc2n(n1)CC(NC(=NCC1CCOC1)NCCc1ccco1)CC2.I. The molecule has 1 saturated heterocycles. The summed E-state index contributed by atoms with van der Waals surface area (Å²) in [6.07, 6.45) is 5.60. The summed E-state index contributed by atoms with van der Waals surface area (Å²) in [4.78, 5) is 9.30. The van der Waals surface area contributed by atoms with E-state index >= 15 is 0 Å². The number of hydrogen-bond donors (Lipinski definition) is 2. The van der Waals surface area contributed by atoms with Gasteiger partial charge < -0.3 is 19.8 Å². The highest BCUT2D eigenvalue weighted by molar-refractivity contribution is 14.0. The smallest absolute Gasteiger partial charge is 0.191 e. The minimum atomic E-state index is 0. The topological polar surface area (TPSA) is 89.5 Å². The Hall–Kier alpha value is -1.62. The first-order valence-corrected chi connectivity index (χ1v) is 9.81. The van der Waals surface area contributed by atoms with E-state index in [9.17, 15) is 0 Å². The van der Waals surface area contributed by atoms with Crippen molar-refractivity contribution < 1.29 is 9.15 Å². The van der Waals surface area contributed by atoms with E-state index in [1.54, 1.807) is 6.26 Å². The molecule has 2 aliphatic heterocycles. The molecule has 0 aromatic carbocycles. The average Bonchev–Trinajstić information content (AvgIpc) is 3.40. The quantitative estimate of drug-likeness (QED) is 0.358. The number of fused-ring (bicyclic) bond motifs is 1. The van der Waals surface area contributed by atoms with Crippen LogP contribution in [0.15, 0.2) is 27.8 Å². The molecule has 2 unspecified atom stereocenters. The van der Waals surface area contributed by atoms with Crippen molar-refractivity contribution in [2.45, 2.75) is 45.2 Å². The van der Waals surface area contributed by atoms with Crippen molar-refractivity contribution in [3.63, 3.8) is 0 Å². The monoisotopic (exact) mass is 500 g/mol. The fraction of sp³-hybridized carbons (Fsp3) is 0.632. The molecule has 0 aliphatic carbocycles. The molecule has 1 fully saturated rings. The van der Waals surface area contributed by atoms with Crippen LogP contribution in [0, 0.1) is 12.8 Å². The molecule has 4 heterocycles. The molecule has 0 radical (unpaired) electrons. The Bertz CT molecular complexity index is 755. The zero-order valence-electron chi connectivity index (χ0n) is 16.3. The Morgan fingerprint density at radius 3 is 3.11 bits per heavy atom. The highest BCUT2D eigenvalue weighted by Crippen LogP contribution is 2.14. The zero-order chi connectivity index (χ0) is 18.5. The fourth-order valence-corrected chi connectivity index (χ4v) is 3.60. The van der Waals surface area contributed by atoms with E-state index in [1.165, 1.54) is 0 Å². The number of rotatable bonds is 6. The number of aromatic nitrogens is 3. The normalized spacial score (nSPS) is 21.8. The van der Waals surface area contributed by atoms with Crippen molar-refractivity contribution in [3.8, 4) is 0 Å². The van der Waals surface area contributed by atoms with Crippen LogP contribution in [0.4, 0.5) is 0 Å². The maximum absolute atomic E-state index is 5.47. The largest absolute Gasteiger partial charge is 0.469 e. The molecule has 4 rings (SSSR count). The number of guanidine groups is 1. The van der Waals surface area contributed by atoms with Gasteiger partial charge in [0.05, 0.1) is 19.4 Å². The lowest BCUT2D eigenvalue weighted by molar-refractivity contribution is 0.187. The Labute approximate surface area is 182 Å². The lowest BCUT2D eigenvalue weighted by atomic mass is 10.1. The van der Waals surface area contributed by atoms with Gasteiger partial charge in [-0.25, -0.2) is 9.67 Å². The molecule has 8 nitrogen and oxygen atoms in total. The maximum Gasteiger partial charge on any atom is 0.191 e. The van der Waals surface area contributed by atoms with E-state index in [0.29, 0.717) is 12.0 Å². The number of hydrogen-bond acceptors (Lipinski definition) is 5. The van der Waals surface area contributed by atoms with Crippen molar-refractivity contribution in [1.29, 1.82) is 0 Å².